The number of hydrogen-bond donors (Lipinski definition) is 2. The molecule has 1 aromatic heterocycles. The second kappa shape index (κ2) is 6.02. The standard InChI is InChI=1S/C16H22N2O/c1-11(2)8-9-17-10-15(19)16-12(3)18-14-7-5-4-6-13(14)16/h4-7,11,17-18H,8-10H2,1-3H3/p+1. The van der Waals surface area contributed by atoms with Gasteiger partial charge in [0, 0.05) is 16.6 Å². The summed E-state index contributed by atoms with van der Waals surface area (Å²) in [7, 11) is 0. The third-order valence-corrected chi connectivity index (χ3v) is 3.45. The van der Waals surface area contributed by atoms with Crippen molar-refractivity contribution in [3.8, 4) is 0 Å². The molecule has 3 N–H and O–H groups in total. The summed E-state index contributed by atoms with van der Waals surface area (Å²) < 4.78 is 0. The van der Waals surface area contributed by atoms with Crippen LogP contribution < -0.4 is 5.32 Å². The zero-order valence-corrected chi connectivity index (χ0v) is 12.0. The van der Waals surface area contributed by atoms with Crippen molar-refractivity contribution in [2.75, 3.05) is 13.1 Å². The van der Waals surface area contributed by atoms with Crippen LogP contribution in [0.25, 0.3) is 10.9 Å². The van der Waals surface area contributed by atoms with Crippen molar-refractivity contribution >= 4 is 16.7 Å². The normalized spacial score (nSPS) is 11.4. The van der Waals surface area contributed by atoms with Gasteiger partial charge < -0.3 is 10.3 Å². The number of Topliss-reactive ketones (excluding diaryl/α,β-unsaturated/α-hetero) is 1. The Morgan fingerprint density at radius 1 is 1.32 bits per heavy atom. The lowest BCUT2D eigenvalue weighted by Crippen LogP contribution is -2.86. The van der Waals surface area contributed by atoms with Gasteiger partial charge in [0.25, 0.3) is 0 Å². The number of quaternary nitrogens is 1. The highest BCUT2D eigenvalue weighted by atomic mass is 16.1. The molecule has 19 heavy (non-hydrogen) atoms. The van der Waals surface area contributed by atoms with Gasteiger partial charge in [-0.3, -0.25) is 4.79 Å². The van der Waals surface area contributed by atoms with Gasteiger partial charge in [-0.1, -0.05) is 32.0 Å². The second-order valence-electron chi connectivity index (χ2n) is 5.56. The minimum atomic E-state index is 0.221. The van der Waals surface area contributed by atoms with Gasteiger partial charge in [0.05, 0.1) is 12.1 Å². The molecule has 3 nitrogen and oxygen atoms in total. The molecule has 3 heteroatoms. The number of carbonyl (C=O) groups is 1. The van der Waals surface area contributed by atoms with Crippen LogP contribution in [0, 0.1) is 12.8 Å². The number of ketones is 1. The van der Waals surface area contributed by atoms with E-state index in [1.165, 1.54) is 0 Å². The van der Waals surface area contributed by atoms with Crippen LogP contribution in [0.4, 0.5) is 0 Å². The van der Waals surface area contributed by atoms with E-state index in [1.807, 2.05) is 31.2 Å². The van der Waals surface area contributed by atoms with Crippen LogP contribution in [0.5, 0.6) is 0 Å². The highest BCUT2D eigenvalue weighted by Crippen LogP contribution is 2.21. The number of para-hydroxylation sites is 1. The number of rotatable bonds is 6. The van der Waals surface area contributed by atoms with Gasteiger partial charge in [-0.2, -0.15) is 0 Å². The van der Waals surface area contributed by atoms with E-state index >= 15 is 0 Å². The van der Waals surface area contributed by atoms with Gasteiger partial charge in [0.2, 0.25) is 5.78 Å². The second-order valence-corrected chi connectivity index (χ2v) is 5.56. The summed E-state index contributed by atoms with van der Waals surface area (Å²) in [6, 6.07) is 8.00. The molecule has 2 rings (SSSR count). The molecule has 0 atom stereocenters. The number of fused-ring (bicyclic) bond motifs is 1. The molecule has 0 saturated heterocycles. The molecule has 0 amide bonds. The molecule has 0 aliphatic rings. The van der Waals surface area contributed by atoms with Gasteiger partial charge in [0.1, 0.15) is 6.54 Å². The fraction of sp³-hybridized carbons (Fsp3) is 0.438. The topological polar surface area (TPSA) is 49.5 Å². The molecule has 1 heterocycles. The first-order chi connectivity index (χ1) is 9.09. The van der Waals surface area contributed by atoms with Crippen molar-refractivity contribution in [1.82, 2.24) is 4.98 Å². The van der Waals surface area contributed by atoms with Gasteiger partial charge in [-0.25, -0.2) is 0 Å². The largest absolute Gasteiger partial charge is 0.358 e. The summed E-state index contributed by atoms with van der Waals surface area (Å²) in [5.74, 6) is 0.917. The lowest BCUT2D eigenvalue weighted by atomic mass is 10.1. The lowest BCUT2D eigenvalue weighted by molar-refractivity contribution is -0.643. The van der Waals surface area contributed by atoms with Crippen molar-refractivity contribution in [2.45, 2.75) is 27.2 Å². The van der Waals surface area contributed by atoms with E-state index in [1.54, 1.807) is 0 Å². The van der Waals surface area contributed by atoms with Gasteiger partial charge in [0.15, 0.2) is 0 Å². The maximum Gasteiger partial charge on any atom is 0.219 e. The molecule has 1 aromatic carbocycles. The highest BCUT2D eigenvalue weighted by molar-refractivity contribution is 6.09. The predicted octanol–water partition coefficient (Wildman–Crippen LogP) is 2.27. The number of aromatic nitrogens is 1. The van der Waals surface area contributed by atoms with Gasteiger partial charge in [-0.05, 0) is 25.3 Å². The fourth-order valence-corrected chi connectivity index (χ4v) is 2.42. The minimum Gasteiger partial charge on any atom is -0.358 e. The number of H-pyrrole nitrogens is 1. The number of benzene rings is 1. The Balaban J connectivity index is 2.07. The number of hydrogen-bond acceptors (Lipinski definition) is 1. The maximum absolute atomic E-state index is 12.3. The fourth-order valence-electron chi connectivity index (χ4n) is 2.42. The summed E-state index contributed by atoms with van der Waals surface area (Å²) >= 11 is 0. The van der Waals surface area contributed by atoms with E-state index in [0.29, 0.717) is 12.5 Å². The maximum atomic E-state index is 12.3. The van der Waals surface area contributed by atoms with Crippen molar-refractivity contribution < 1.29 is 10.1 Å². The van der Waals surface area contributed by atoms with Crippen LogP contribution in [0.1, 0.15) is 36.3 Å². The van der Waals surface area contributed by atoms with Gasteiger partial charge in [-0.15, -0.1) is 0 Å². The van der Waals surface area contributed by atoms with E-state index in [4.69, 9.17) is 0 Å². The average Bonchev–Trinajstić information content (AvgIpc) is 2.70. The summed E-state index contributed by atoms with van der Waals surface area (Å²) in [6.07, 6.45) is 1.15. The SMILES string of the molecule is Cc1[nH]c2ccccc2c1C(=O)C[NH2+]CCC(C)C. The van der Waals surface area contributed by atoms with Crippen LogP contribution in [-0.2, 0) is 0 Å². The molecule has 0 bridgehead atoms. The number of aryl methyl sites for hydroxylation is 1. The van der Waals surface area contributed by atoms with Crippen LogP contribution in [-0.4, -0.2) is 23.9 Å². The summed E-state index contributed by atoms with van der Waals surface area (Å²) in [4.78, 5) is 15.6. The van der Waals surface area contributed by atoms with Crippen molar-refractivity contribution in [3.05, 3.63) is 35.5 Å². The Hall–Kier alpha value is -1.61. The number of carbonyl (C=O) groups excluding carboxylic acids is 1. The molecule has 0 radical (unpaired) electrons. The summed E-state index contributed by atoms with van der Waals surface area (Å²) in [5.41, 5.74) is 2.88. The third kappa shape index (κ3) is 3.24. The van der Waals surface area contributed by atoms with E-state index in [-0.39, 0.29) is 5.78 Å². The molecule has 0 spiro atoms. The van der Waals surface area contributed by atoms with E-state index in [0.717, 1.165) is 35.1 Å². The van der Waals surface area contributed by atoms with E-state index < -0.39 is 0 Å². The first kappa shape index (κ1) is 13.8. The number of aromatic amines is 1. The Morgan fingerprint density at radius 2 is 2.05 bits per heavy atom. The monoisotopic (exact) mass is 259 g/mol. The third-order valence-electron chi connectivity index (χ3n) is 3.45. The Morgan fingerprint density at radius 3 is 2.79 bits per heavy atom. The lowest BCUT2D eigenvalue weighted by Gasteiger charge is -2.04. The first-order valence-corrected chi connectivity index (χ1v) is 7.01. The van der Waals surface area contributed by atoms with Crippen LogP contribution in [0.2, 0.25) is 0 Å². The van der Waals surface area contributed by atoms with E-state index in [2.05, 4.69) is 24.1 Å². The zero-order chi connectivity index (χ0) is 13.8. The molecule has 2 aromatic rings. The molecule has 0 saturated carbocycles. The number of nitrogens with one attached hydrogen (secondary N) is 1. The Labute approximate surface area is 114 Å². The molecule has 0 aliphatic carbocycles. The molecule has 0 aliphatic heterocycles. The summed E-state index contributed by atoms with van der Waals surface area (Å²) in [6.45, 7) is 7.94. The smallest absolute Gasteiger partial charge is 0.219 e. The minimum absolute atomic E-state index is 0.221. The predicted molar refractivity (Wildman–Crippen MR) is 78.5 cm³/mol. The number of nitrogens with two attached hydrogens (primary N) is 1. The van der Waals surface area contributed by atoms with Crippen LogP contribution in [0.3, 0.4) is 0 Å². The zero-order valence-electron chi connectivity index (χ0n) is 12.0. The average molecular weight is 259 g/mol. The van der Waals surface area contributed by atoms with Crippen LogP contribution in [0.15, 0.2) is 24.3 Å². The first-order valence-electron chi connectivity index (χ1n) is 7.01. The van der Waals surface area contributed by atoms with Crippen molar-refractivity contribution in [1.29, 1.82) is 0 Å². The van der Waals surface area contributed by atoms with Crippen LogP contribution >= 0.6 is 0 Å². The molecular weight excluding hydrogens is 236 g/mol. The molecular formula is C16H23N2O+. The van der Waals surface area contributed by atoms with E-state index in [9.17, 15) is 4.79 Å². The molecule has 0 unspecified atom stereocenters. The Bertz CT molecular complexity index is 569. The molecule has 102 valence electrons. The van der Waals surface area contributed by atoms with Crippen molar-refractivity contribution in [3.63, 3.8) is 0 Å². The molecule has 0 fully saturated rings. The van der Waals surface area contributed by atoms with Gasteiger partial charge >= 0.3 is 0 Å². The summed E-state index contributed by atoms with van der Waals surface area (Å²) in [5, 5.41) is 3.16. The van der Waals surface area contributed by atoms with Crippen molar-refractivity contribution in [2.24, 2.45) is 5.92 Å². The highest BCUT2D eigenvalue weighted by Gasteiger charge is 2.16. The Kier molecular flexibility index (Phi) is 4.38. The quantitative estimate of drug-likeness (QED) is 0.607.